The van der Waals surface area contributed by atoms with Crippen molar-refractivity contribution >= 4 is 34.5 Å². The third kappa shape index (κ3) is 6.95. The Morgan fingerprint density at radius 1 is 1.00 bits per heavy atom. The summed E-state index contributed by atoms with van der Waals surface area (Å²) in [6.07, 6.45) is 4.96. The van der Waals surface area contributed by atoms with E-state index in [2.05, 4.69) is 33.8 Å². The summed E-state index contributed by atoms with van der Waals surface area (Å²) in [4.78, 5) is 33.4. The highest BCUT2D eigenvalue weighted by atomic mass is 32.1. The molecule has 0 spiro atoms. The minimum absolute atomic E-state index is 0.0560. The number of nitrogens with zero attached hydrogens (tertiary/aromatic N) is 3. The second-order valence-corrected chi connectivity index (χ2v) is 12.6. The fourth-order valence-corrected chi connectivity index (χ4v) is 7.12. The number of nitrogens with one attached hydrogen (secondary N) is 1. The number of thiophene rings is 2. The van der Waals surface area contributed by atoms with Crippen molar-refractivity contribution in [1.29, 1.82) is 5.26 Å². The van der Waals surface area contributed by atoms with Gasteiger partial charge in [-0.25, -0.2) is 0 Å². The van der Waals surface area contributed by atoms with Gasteiger partial charge >= 0.3 is 0 Å². The Morgan fingerprint density at radius 3 is 2.41 bits per heavy atom. The van der Waals surface area contributed by atoms with Gasteiger partial charge in [-0.2, -0.15) is 5.26 Å². The number of hydrogen-bond donors (Lipinski definition) is 2. The number of piperidine rings is 1. The molecule has 2 amide bonds. The van der Waals surface area contributed by atoms with Gasteiger partial charge < -0.3 is 16.0 Å². The summed E-state index contributed by atoms with van der Waals surface area (Å²) >= 11 is 3.15. The van der Waals surface area contributed by atoms with Crippen molar-refractivity contribution in [3.8, 4) is 6.07 Å². The summed E-state index contributed by atoms with van der Waals surface area (Å²) in [6, 6.07) is 17.8. The number of likely N-dealkylation sites (tertiary alicyclic amines) is 1. The number of nitrogens with two attached hydrogens (primary N) is 1. The number of carbonyl (C=O) groups excluding carboxylic acids is 2. The van der Waals surface area contributed by atoms with Crippen molar-refractivity contribution in [2.75, 3.05) is 6.54 Å². The number of rotatable bonds is 8. The first-order chi connectivity index (χ1) is 19.0. The minimum Gasteiger partial charge on any atom is -0.352 e. The van der Waals surface area contributed by atoms with Gasteiger partial charge in [0.2, 0.25) is 5.91 Å². The Kier molecular flexibility index (Phi) is 9.09. The molecule has 0 bridgehead atoms. The normalized spacial score (nSPS) is 23.4. The zero-order valence-electron chi connectivity index (χ0n) is 22.0. The Morgan fingerprint density at radius 2 is 1.74 bits per heavy atom. The molecule has 1 aromatic carbocycles. The zero-order valence-corrected chi connectivity index (χ0v) is 23.6. The average molecular weight is 562 g/mol. The van der Waals surface area contributed by atoms with Crippen LogP contribution >= 0.6 is 22.7 Å². The molecular formula is C30H35N5O2S2. The van der Waals surface area contributed by atoms with Crippen LogP contribution in [0.2, 0.25) is 0 Å². The maximum atomic E-state index is 13.8. The molecule has 2 aromatic heterocycles. The van der Waals surface area contributed by atoms with Gasteiger partial charge in [-0.05, 0) is 79.1 Å². The van der Waals surface area contributed by atoms with Crippen LogP contribution in [-0.4, -0.2) is 52.3 Å². The standard InChI is InChI=1S/C30H35N5O2S2/c31-18-21-5-7-22(8-6-21)19-34(20-26-3-1-15-38-26)25-13-14-35(30(37)28-4-2-16-39-28)27(17-25)29(36)33-24-11-9-23(32)10-12-24/h1-8,15-16,23-25,27H,9-14,17,19-20,32H2,(H,33,36)/t23?,24?,25?,27-/m1/s1. The number of amides is 2. The summed E-state index contributed by atoms with van der Waals surface area (Å²) in [5, 5.41) is 16.5. The summed E-state index contributed by atoms with van der Waals surface area (Å²) in [6.45, 7) is 2.02. The van der Waals surface area contributed by atoms with Crippen molar-refractivity contribution in [3.05, 3.63) is 80.2 Å². The Balaban J connectivity index is 1.37. The van der Waals surface area contributed by atoms with Gasteiger partial charge in [-0.1, -0.05) is 24.3 Å². The highest BCUT2D eigenvalue weighted by molar-refractivity contribution is 7.12. The van der Waals surface area contributed by atoms with Crippen LogP contribution in [0.1, 0.15) is 64.2 Å². The van der Waals surface area contributed by atoms with E-state index in [4.69, 9.17) is 5.73 Å². The predicted molar refractivity (Wildman–Crippen MR) is 155 cm³/mol. The smallest absolute Gasteiger partial charge is 0.264 e. The fourth-order valence-electron chi connectivity index (χ4n) is 5.71. The highest BCUT2D eigenvalue weighted by Crippen LogP contribution is 2.29. The van der Waals surface area contributed by atoms with E-state index in [0.717, 1.165) is 44.2 Å². The molecule has 3 N–H and O–H groups in total. The van der Waals surface area contributed by atoms with Crippen molar-refractivity contribution in [2.24, 2.45) is 5.73 Å². The molecule has 39 heavy (non-hydrogen) atoms. The van der Waals surface area contributed by atoms with E-state index in [-0.39, 0.29) is 29.9 Å². The first-order valence-electron chi connectivity index (χ1n) is 13.7. The van der Waals surface area contributed by atoms with Gasteiger partial charge in [-0.15, -0.1) is 22.7 Å². The lowest BCUT2D eigenvalue weighted by molar-refractivity contribution is -0.128. The first-order valence-corrected chi connectivity index (χ1v) is 15.4. The molecule has 9 heteroatoms. The summed E-state index contributed by atoms with van der Waals surface area (Å²) in [5.74, 6) is -0.120. The molecule has 7 nitrogen and oxygen atoms in total. The van der Waals surface area contributed by atoms with Crippen LogP contribution < -0.4 is 11.1 Å². The Bertz CT molecular complexity index is 1260. The van der Waals surface area contributed by atoms with Crippen LogP contribution in [0.15, 0.2) is 59.3 Å². The number of benzene rings is 1. The van der Waals surface area contributed by atoms with Crippen molar-refractivity contribution < 1.29 is 9.59 Å². The van der Waals surface area contributed by atoms with Gasteiger partial charge in [-0.3, -0.25) is 14.5 Å². The van der Waals surface area contributed by atoms with Crippen LogP contribution in [0, 0.1) is 11.3 Å². The molecule has 2 aliphatic rings. The van der Waals surface area contributed by atoms with Gasteiger partial charge in [0.15, 0.2) is 0 Å². The largest absolute Gasteiger partial charge is 0.352 e. The average Bonchev–Trinajstić information content (AvgIpc) is 3.69. The molecule has 2 atom stereocenters. The molecule has 1 saturated heterocycles. The number of carbonyl (C=O) groups is 2. The van der Waals surface area contributed by atoms with Crippen LogP contribution in [-0.2, 0) is 17.9 Å². The van der Waals surface area contributed by atoms with Crippen LogP contribution in [0.3, 0.4) is 0 Å². The van der Waals surface area contributed by atoms with E-state index < -0.39 is 6.04 Å². The van der Waals surface area contributed by atoms with E-state index in [1.165, 1.54) is 16.2 Å². The second-order valence-electron chi connectivity index (χ2n) is 10.6. The summed E-state index contributed by atoms with van der Waals surface area (Å²) in [7, 11) is 0. The third-order valence-electron chi connectivity index (χ3n) is 7.91. The van der Waals surface area contributed by atoms with Gasteiger partial charge in [0.1, 0.15) is 6.04 Å². The van der Waals surface area contributed by atoms with Crippen molar-refractivity contribution in [2.45, 2.75) is 75.8 Å². The topological polar surface area (TPSA) is 102 Å². The molecule has 1 aliphatic heterocycles. The Labute approximate surface area is 238 Å². The van der Waals surface area contributed by atoms with E-state index >= 15 is 0 Å². The maximum absolute atomic E-state index is 13.8. The molecule has 0 radical (unpaired) electrons. The third-order valence-corrected chi connectivity index (χ3v) is 9.63. The SMILES string of the molecule is N#Cc1ccc(CN(Cc2cccs2)C2CCN(C(=O)c3cccs3)[C@@H](C(=O)NC3CCC(N)CC3)C2)cc1. The predicted octanol–water partition coefficient (Wildman–Crippen LogP) is 4.74. The van der Waals surface area contributed by atoms with Gasteiger partial charge in [0.25, 0.3) is 5.91 Å². The van der Waals surface area contributed by atoms with E-state index in [9.17, 15) is 14.9 Å². The van der Waals surface area contributed by atoms with E-state index in [0.29, 0.717) is 30.0 Å². The van der Waals surface area contributed by atoms with Crippen molar-refractivity contribution in [3.63, 3.8) is 0 Å². The number of hydrogen-bond acceptors (Lipinski definition) is 7. The van der Waals surface area contributed by atoms with E-state index in [1.807, 2.05) is 41.8 Å². The quantitative estimate of drug-likeness (QED) is 0.414. The molecule has 2 fully saturated rings. The highest BCUT2D eigenvalue weighted by Gasteiger charge is 2.39. The molecular weight excluding hydrogens is 526 g/mol. The lowest BCUT2D eigenvalue weighted by Gasteiger charge is -2.43. The monoisotopic (exact) mass is 561 g/mol. The van der Waals surface area contributed by atoms with Crippen LogP contribution in [0.25, 0.3) is 0 Å². The fraction of sp³-hybridized carbons (Fsp3) is 0.433. The molecule has 1 unspecified atom stereocenters. The number of nitriles is 1. The molecule has 5 rings (SSSR count). The zero-order chi connectivity index (χ0) is 27.2. The Hall–Kier alpha value is -3.03. The molecule has 3 aromatic rings. The lowest BCUT2D eigenvalue weighted by atomic mass is 9.90. The molecule has 1 aliphatic carbocycles. The van der Waals surface area contributed by atoms with Crippen molar-refractivity contribution in [1.82, 2.24) is 15.1 Å². The second kappa shape index (κ2) is 12.9. The molecule has 204 valence electrons. The van der Waals surface area contributed by atoms with Crippen LogP contribution in [0.5, 0.6) is 0 Å². The summed E-state index contributed by atoms with van der Waals surface area (Å²) in [5.41, 5.74) is 7.86. The molecule has 1 saturated carbocycles. The van der Waals surface area contributed by atoms with E-state index in [1.54, 1.807) is 16.2 Å². The lowest BCUT2D eigenvalue weighted by Crippen LogP contribution is -2.58. The summed E-state index contributed by atoms with van der Waals surface area (Å²) < 4.78 is 0. The van der Waals surface area contributed by atoms with Crippen LogP contribution in [0.4, 0.5) is 0 Å². The minimum atomic E-state index is -0.527. The van der Waals surface area contributed by atoms with Gasteiger partial charge in [0.05, 0.1) is 16.5 Å². The maximum Gasteiger partial charge on any atom is 0.264 e. The molecule has 3 heterocycles. The van der Waals surface area contributed by atoms with Gasteiger partial charge in [0, 0.05) is 42.6 Å². The first kappa shape index (κ1) is 27.5.